The number of hydrogen-bond donors (Lipinski definition) is 1. The van der Waals surface area contributed by atoms with Gasteiger partial charge in [-0.1, -0.05) is 6.92 Å². The average molecular weight is 255 g/mol. The monoisotopic (exact) mass is 255 g/mol. The van der Waals surface area contributed by atoms with Crippen molar-refractivity contribution in [2.45, 2.75) is 32.9 Å². The van der Waals surface area contributed by atoms with Gasteiger partial charge in [-0.05, 0) is 20.4 Å². The Morgan fingerprint density at radius 3 is 3.12 bits per heavy atom. The van der Waals surface area contributed by atoms with Crippen LogP contribution in [0.4, 0.5) is 5.13 Å². The molecule has 17 heavy (non-hydrogen) atoms. The van der Waals surface area contributed by atoms with Crippen molar-refractivity contribution in [2.75, 3.05) is 31.1 Å². The molecule has 1 aromatic heterocycles. The number of rotatable bonds is 4. The summed E-state index contributed by atoms with van der Waals surface area (Å²) in [6.07, 6.45) is 0. The highest BCUT2D eigenvalue weighted by molar-refractivity contribution is 7.13. The molecule has 0 aromatic carbocycles. The van der Waals surface area contributed by atoms with E-state index in [0.717, 1.165) is 43.6 Å². The normalized spacial score (nSPS) is 19.6. The van der Waals surface area contributed by atoms with Crippen LogP contribution < -0.4 is 10.2 Å². The van der Waals surface area contributed by atoms with Crippen LogP contribution in [0, 0.1) is 0 Å². The third-order valence-corrected chi connectivity index (χ3v) is 3.74. The minimum absolute atomic E-state index is 0.0637. The minimum atomic E-state index is -0.0637. The van der Waals surface area contributed by atoms with Crippen LogP contribution in [0.3, 0.4) is 0 Å². The molecule has 1 aliphatic heterocycles. The minimum Gasteiger partial charge on any atom is -0.372 e. The Labute approximate surface area is 107 Å². The molecule has 1 N–H and O–H groups in total. The number of aromatic nitrogens is 1. The van der Waals surface area contributed by atoms with Crippen molar-refractivity contribution in [3.05, 3.63) is 11.1 Å². The van der Waals surface area contributed by atoms with Crippen molar-refractivity contribution < 1.29 is 4.74 Å². The first-order chi connectivity index (χ1) is 8.11. The molecule has 0 spiro atoms. The van der Waals surface area contributed by atoms with Gasteiger partial charge in [0.25, 0.3) is 0 Å². The Morgan fingerprint density at radius 1 is 1.59 bits per heavy atom. The molecule has 0 bridgehead atoms. The van der Waals surface area contributed by atoms with Gasteiger partial charge in [-0.2, -0.15) is 0 Å². The lowest BCUT2D eigenvalue weighted by Crippen LogP contribution is -2.48. The van der Waals surface area contributed by atoms with E-state index in [9.17, 15) is 0 Å². The molecular formula is C12H21N3OS. The summed E-state index contributed by atoms with van der Waals surface area (Å²) in [7, 11) is 0. The summed E-state index contributed by atoms with van der Waals surface area (Å²) in [4.78, 5) is 6.99. The molecule has 1 aliphatic rings. The van der Waals surface area contributed by atoms with Gasteiger partial charge in [0, 0.05) is 25.0 Å². The molecule has 1 fully saturated rings. The maximum absolute atomic E-state index is 5.71. The van der Waals surface area contributed by atoms with Gasteiger partial charge in [0.2, 0.25) is 0 Å². The van der Waals surface area contributed by atoms with Crippen molar-refractivity contribution in [1.82, 2.24) is 10.3 Å². The lowest BCUT2D eigenvalue weighted by molar-refractivity contribution is -0.0277. The summed E-state index contributed by atoms with van der Waals surface area (Å²) in [6.45, 7) is 10.9. The van der Waals surface area contributed by atoms with Gasteiger partial charge >= 0.3 is 0 Å². The van der Waals surface area contributed by atoms with Crippen molar-refractivity contribution in [2.24, 2.45) is 0 Å². The number of morpholine rings is 1. The largest absolute Gasteiger partial charge is 0.372 e. The predicted octanol–water partition coefficient (Wildman–Crippen LogP) is 1.87. The zero-order chi connectivity index (χ0) is 12.3. The van der Waals surface area contributed by atoms with Crippen molar-refractivity contribution in [3.63, 3.8) is 0 Å². The quantitative estimate of drug-likeness (QED) is 0.891. The maximum Gasteiger partial charge on any atom is 0.185 e. The van der Waals surface area contributed by atoms with Crippen LogP contribution in [-0.4, -0.2) is 36.8 Å². The Morgan fingerprint density at radius 2 is 2.41 bits per heavy atom. The van der Waals surface area contributed by atoms with E-state index >= 15 is 0 Å². The molecule has 0 amide bonds. The number of nitrogens with one attached hydrogen (secondary N) is 1. The Hall–Kier alpha value is -0.650. The van der Waals surface area contributed by atoms with Crippen LogP contribution in [0.2, 0.25) is 0 Å². The molecule has 2 heterocycles. The summed E-state index contributed by atoms with van der Waals surface area (Å²) in [5.74, 6) is 0. The van der Waals surface area contributed by atoms with Gasteiger partial charge in [-0.3, -0.25) is 0 Å². The summed E-state index contributed by atoms with van der Waals surface area (Å²) in [5.41, 5.74) is 1.07. The zero-order valence-corrected chi connectivity index (χ0v) is 11.6. The second-order valence-corrected chi connectivity index (χ2v) is 5.77. The molecule has 0 aliphatic carbocycles. The predicted molar refractivity (Wildman–Crippen MR) is 71.7 cm³/mol. The van der Waals surface area contributed by atoms with Gasteiger partial charge in [0.1, 0.15) is 0 Å². The van der Waals surface area contributed by atoms with E-state index in [0.29, 0.717) is 0 Å². The Bertz CT molecular complexity index is 364. The van der Waals surface area contributed by atoms with Crippen LogP contribution in [0.15, 0.2) is 5.38 Å². The fourth-order valence-corrected chi connectivity index (χ4v) is 2.81. The van der Waals surface area contributed by atoms with Crippen LogP contribution in [0.1, 0.15) is 26.5 Å². The SMILES string of the molecule is CCNCc1csc(N2CCOC(C)(C)C2)n1. The molecule has 1 aromatic rings. The second-order valence-electron chi connectivity index (χ2n) is 4.93. The van der Waals surface area contributed by atoms with Gasteiger partial charge in [0.15, 0.2) is 5.13 Å². The molecule has 96 valence electrons. The molecule has 2 rings (SSSR count). The van der Waals surface area contributed by atoms with Crippen molar-refractivity contribution in [3.8, 4) is 0 Å². The first-order valence-corrected chi connectivity index (χ1v) is 7.03. The molecule has 0 radical (unpaired) electrons. The highest BCUT2D eigenvalue weighted by Gasteiger charge is 2.28. The van der Waals surface area contributed by atoms with Crippen LogP contribution in [-0.2, 0) is 11.3 Å². The summed E-state index contributed by atoms with van der Waals surface area (Å²) in [5, 5.41) is 6.56. The number of thiazole rings is 1. The summed E-state index contributed by atoms with van der Waals surface area (Å²) < 4.78 is 5.71. The van der Waals surface area contributed by atoms with E-state index in [4.69, 9.17) is 4.74 Å². The Balaban J connectivity index is 1.99. The average Bonchev–Trinajstić information content (AvgIpc) is 2.73. The fraction of sp³-hybridized carbons (Fsp3) is 0.750. The van der Waals surface area contributed by atoms with Crippen LogP contribution >= 0.6 is 11.3 Å². The maximum atomic E-state index is 5.71. The number of anilines is 1. The number of hydrogen-bond acceptors (Lipinski definition) is 5. The van der Waals surface area contributed by atoms with Gasteiger partial charge in [0.05, 0.1) is 17.9 Å². The lowest BCUT2D eigenvalue weighted by atomic mass is 10.1. The molecular weight excluding hydrogens is 234 g/mol. The standard InChI is InChI=1S/C12H21N3OS/c1-4-13-7-10-8-17-11(14-10)15-5-6-16-12(2,3)9-15/h8,13H,4-7,9H2,1-3H3. The van der Waals surface area contributed by atoms with E-state index in [2.05, 4.69) is 41.4 Å². The molecule has 0 saturated carbocycles. The van der Waals surface area contributed by atoms with E-state index < -0.39 is 0 Å². The molecule has 0 atom stereocenters. The molecule has 1 saturated heterocycles. The molecule has 5 heteroatoms. The molecule has 4 nitrogen and oxygen atoms in total. The van der Waals surface area contributed by atoms with Gasteiger partial charge in [-0.25, -0.2) is 4.98 Å². The number of ether oxygens (including phenoxy) is 1. The first-order valence-electron chi connectivity index (χ1n) is 6.15. The van der Waals surface area contributed by atoms with Crippen LogP contribution in [0.5, 0.6) is 0 Å². The highest BCUT2D eigenvalue weighted by Crippen LogP contribution is 2.26. The van der Waals surface area contributed by atoms with Crippen LogP contribution in [0.25, 0.3) is 0 Å². The number of nitrogens with zero attached hydrogens (tertiary/aromatic N) is 2. The zero-order valence-electron chi connectivity index (χ0n) is 10.8. The van der Waals surface area contributed by atoms with Crippen molar-refractivity contribution in [1.29, 1.82) is 0 Å². The van der Waals surface area contributed by atoms with E-state index in [-0.39, 0.29) is 5.60 Å². The fourth-order valence-electron chi connectivity index (χ4n) is 1.96. The molecule has 0 unspecified atom stereocenters. The lowest BCUT2D eigenvalue weighted by Gasteiger charge is -2.37. The third-order valence-electron chi connectivity index (χ3n) is 2.79. The van der Waals surface area contributed by atoms with E-state index in [1.165, 1.54) is 0 Å². The highest BCUT2D eigenvalue weighted by atomic mass is 32.1. The first kappa shape index (κ1) is 12.8. The summed E-state index contributed by atoms with van der Waals surface area (Å²) >= 11 is 1.73. The van der Waals surface area contributed by atoms with E-state index in [1.807, 2.05) is 0 Å². The second kappa shape index (κ2) is 5.33. The third kappa shape index (κ3) is 3.40. The van der Waals surface area contributed by atoms with Gasteiger partial charge in [-0.15, -0.1) is 11.3 Å². The Kier molecular flexibility index (Phi) is 4.01. The topological polar surface area (TPSA) is 37.4 Å². The summed E-state index contributed by atoms with van der Waals surface area (Å²) in [6, 6.07) is 0. The van der Waals surface area contributed by atoms with Gasteiger partial charge < -0.3 is 15.0 Å². The van der Waals surface area contributed by atoms with Crippen molar-refractivity contribution >= 4 is 16.5 Å². The smallest absolute Gasteiger partial charge is 0.185 e. The van der Waals surface area contributed by atoms with E-state index in [1.54, 1.807) is 11.3 Å².